The Balaban J connectivity index is 1.42. The normalized spacial score (nSPS) is 23.0. The van der Waals surface area contributed by atoms with E-state index in [0.29, 0.717) is 18.4 Å². The van der Waals surface area contributed by atoms with Crippen LogP contribution in [0.4, 0.5) is 0 Å². The van der Waals surface area contributed by atoms with Gasteiger partial charge in [-0.25, -0.2) is 4.68 Å². The number of tetrazole rings is 1. The van der Waals surface area contributed by atoms with Gasteiger partial charge in [-0.3, -0.25) is 4.79 Å². The molecule has 0 N–H and O–H groups in total. The summed E-state index contributed by atoms with van der Waals surface area (Å²) in [6, 6.07) is 7.77. The van der Waals surface area contributed by atoms with Crippen molar-refractivity contribution >= 4 is 5.91 Å². The second-order valence-corrected chi connectivity index (χ2v) is 6.92. The summed E-state index contributed by atoms with van der Waals surface area (Å²) in [5.74, 6) is 1.42. The molecule has 1 fully saturated rings. The van der Waals surface area contributed by atoms with Gasteiger partial charge in [-0.15, -0.1) is 5.10 Å². The van der Waals surface area contributed by atoms with Crippen LogP contribution in [-0.4, -0.2) is 44.1 Å². The van der Waals surface area contributed by atoms with Gasteiger partial charge in [0.2, 0.25) is 0 Å². The van der Waals surface area contributed by atoms with Gasteiger partial charge in [0.25, 0.3) is 5.91 Å². The highest BCUT2D eigenvalue weighted by atomic mass is 16.2. The van der Waals surface area contributed by atoms with Gasteiger partial charge in [-0.05, 0) is 59.7 Å². The van der Waals surface area contributed by atoms with E-state index >= 15 is 0 Å². The third-order valence-electron chi connectivity index (χ3n) is 5.15. The van der Waals surface area contributed by atoms with Gasteiger partial charge in [-0.1, -0.05) is 23.8 Å². The molecule has 2 aliphatic rings. The lowest BCUT2D eigenvalue weighted by molar-refractivity contribution is 0.0784. The molecule has 2 atom stereocenters. The number of benzene rings is 1. The number of carbonyl (C=O) groups is 1. The SMILES string of the molecule is CC1=CC[C@H]2CN(C(=O)c3ccc(Cn4cnnn4)cc3)C[C@H]2C1. The van der Waals surface area contributed by atoms with Crippen molar-refractivity contribution in [3.63, 3.8) is 0 Å². The standard InChI is InChI=1S/C18H21N5O/c1-13-2-5-16-10-22(11-17(16)8-13)18(24)15-6-3-14(4-7-15)9-23-12-19-20-21-23/h2-4,6-7,12,16-17H,5,8-11H2,1H3/t16-,17+/m0/s1. The van der Waals surface area contributed by atoms with E-state index in [0.717, 1.165) is 37.1 Å². The van der Waals surface area contributed by atoms with Crippen LogP contribution in [0.25, 0.3) is 0 Å². The number of carbonyl (C=O) groups excluding carboxylic acids is 1. The predicted octanol–water partition coefficient (Wildman–Crippen LogP) is 2.15. The van der Waals surface area contributed by atoms with Gasteiger partial charge < -0.3 is 4.90 Å². The number of hydrogen-bond acceptors (Lipinski definition) is 4. The van der Waals surface area contributed by atoms with Crippen LogP contribution in [0, 0.1) is 11.8 Å². The van der Waals surface area contributed by atoms with Crippen molar-refractivity contribution in [1.82, 2.24) is 25.1 Å². The van der Waals surface area contributed by atoms with E-state index in [1.165, 1.54) is 5.57 Å². The van der Waals surface area contributed by atoms with Gasteiger partial charge in [0, 0.05) is 18.7 Å². The highest BCUT2D eigenvalue weighted by molar-refractivity contribution is 5.94. The number of likely N-dealkylation sites (tertiary alicyclic amines) is 1. The summed E-state index contributed by atoms with van der Waals surface area (Å²) in [5, 5.41) is 11.1. The third kappa shape index (κ3) is 2.96. The highest BCUT2D eigenvalue weighted by Gasteiger charge is 2.36. The molecule has 6 nitrogen and oxygen atoms in total. The zero-order valence-electron chi connectivity index (χ0n) is 13.8. The summed E-state index contributed by atoms with van der Waals surface area (Å²) in [4.78, 5) is 14.8. The number of aromatic nitrogens is 4. The maximum atomic E-state index is 12.8. The molecule has 124 valence electrons. The molecule has 4 rings (SSSR count). The number of nitrogens with zero attached hydrogens (tertiary/aromatic N) is 5. The monoisotopic (exact) mass is 323 g/mol. The van der Waals surface area contributed by atoms with E-state index in [-0.39, 0.29) is 5.91 Å². The van der Waals surface area contributed by atoms with Crippen molar-refractivity contribution in [2.24, 2.45) is 11.8 Å². The first kappa shape index (κ1) is 15.1. The summed E-state index contributed by atoms with van der Waals surface area (Å²) in [5.41, 5.74) is 3.31. The molecule has 0 bridgehead atoms. The predicted molar refractivity (Wildman–Crippen MR) is 89.2 cm³/mol. The Morgan fingerprint density at radius 1 is 1.21 bits per heavy atom. The third-order valence-corrected chi connectivity index (χ3v) is 5.15. The summed E-state index contributed by atoms with van der Waals surface area (Å²) in [6.07, 6.45) is 6.18. The molecule has 2 heterocycles. The first-order valence-corrected chi connectivity index (χ1v) is 8.43. The fraction of sp³-hybridized carbons (Fsp3) is 0.444. The molecule has 1 aromatic heterocycles. The second-order valence-electron chi connectivity index (χ2n) is 6.92. The molecule has 1 saturated heterocycles. The lowest BCUT2D eigenvalue weighted by atomic mass is 9.83. The van der Waals surface area contributed by atoms with Gasteiger partial charge in [0.1, 0.15) is 6.33 Å². The first-order valence-electron chi connectivity index (χ1n) is 8.43. The van der Waals surface area contributed by atoms with E-state index < -0.39 is 0 Å². The quantitative estimate of drug-likeness (QED) is 0.812. The summed E-state index contributed by atoms with van der Waals surface area (Å²) < 4.78 is 1.66. The van der Waals surface area contributed by atoms with Crippen molar-refractivity contribution in [3.8, 4) is 0 Å². The summed E-state index contributed by atoms with van der Waals surface area (Å²) >= 11 is 0. The highest BCUT2D eigenvalue weighted by Crippen LogP contribution is 2.36. The number of amides is 1. The van der Waals surface area contributed by atoms with Gasteiger partial charge in [0.05, 0.1) is 6.54 Å². The maximum Gasteiger partial charge on any atom is 0.253 e. The Morgan fingerprint density at radius 2 is 2.00 bits per heavy atom. The summed E-state index contributed by atoms with van der Waals surface area (Å²) in [6.45, 7) is 4.59. The van der Waals surface area contributed by atoms with Crippen LogP contribution >= 0.6 is 0 Å². The molecule has 0 radical (unpaired) electrons. The molecule has 0 spiro atoms. The summed E-state index contributed by atoms with van der Waals surface area (Å²) in [7, 11) is 0. The van der Waals surface area contributed by atoms with Crippen LogP contribution in [0.3, 0.4) is 0 Å². The van der Waals surface area contributed by atoms with E-state index in [1.807, 2.05) is 29.2 Å². The number of fused-ring (bicyclic) bond motifs is 1. The number of allylic oxidation sites excluding steroid dienone is 2. The van der Waals surface area contributed by atoms with E-state index in [4.69, 9.17) is 0 Å². The minimum Gasteiger partial charge on any atom is -0.338 e. The Morgan fingerprint density at radius 3 is 2.75 bits per heavy atom. The van der Waals surface area contributed by atoms with Gasteiger partial charge in [0.15, 0.2) is 0 Å². The van der Waals surface area contributed by atoms with Crippen LogP contribution in [-0.2, 0) is 6.54 Å². The van der Waals surface area contributed by atoms with Crippen LogP contribution in [0.5, 0.6) is 0 Å². The van der Waals surface area contributed by atoms with Crippen molar-refractivity contribution in [3.05, 3.63) is 53.4 Å². The molecule has 0 saturated carbocycles. The van der Waals surface area contributed by atoms with E-state index in [2.05, 4.69) is 28.5 Å². The zero-order valence-corrected chi connectivity index (χ0v) is 13.8. The maximum absolute atomic E-state index is 12.8. The van der Waals surface area contributed by atoms with Crippen LogP contribution < -0.4 is 0 Å². The van der Waals surface area contributed by atoms with E-state index in [1.54, 1.807) is 11.0 Å². The molecule has 0 unspecified atom stereocenters. The molecule has 1 aliphatic heterocycles. The van der Waals surface area contributed by atoms with Crippen molar-refractivity contribution < 1.29 is 4.79 Å². The average Bonchev–Trinajstić information content (AvgIpc) is 3.24. The molecule has 1 amide bonds. The molecule has 24 heavy (non-hydrogen) atoms. The fourth-order valence-electron chi connectivity index (χ4n) is 3.83. The lowest BCUT2D eigenvalue weighted by Gasteiger charge is -2.21. The second kappa shape index (κ2) is 6.19. The van der Waals surface area contributed by atoms with Crippen molar-refractivity contribution in [2.75, 3.05) is 13.1 Å². The number of hydrogen-bond donors (Lipinski definition) is 0. The average molecular weight is 323 g/mol. The Hall–Kier alpha value is -2.50. The molecule has 2 aromatic rings. The van der Waals surface area contributed by atoms with Crippen LogP contribution in [0.1, 0.15) is 35.7 Å². The topological polar surface area (TPSA) is 63.9 Å². The van der Waals surface area contributed by atoms with Crippen LogP contribution in [0.15, 0.2) is 42.2 Å². The molecule has 6 heteroatoms. The Kier molecular flexibility index (Phi) is 3.88. The lowest BCUT2D eigenvalue weighted by Crippen LogP contribution is -2.29. The van der Waals surface area contributed by atoms with E-state index in [9.17, 15) is 4.79 Å². The largest absolute Gasteiger partial charge is 0.338 e. The Bertz CT molecular complexity index is 750. The molecule has 1 aliphatic carbocycles. The zero-order chi connectivity index (χ0) is 16.5. The van der Waals surface area contributed by atoms with Crippen molar-refractivity contribution in [2.45, 2.75) is 26.3 Å². The first-order chi connectivity index (χ1) is 11.7. The smallest absolute Gasteiger partial charge is 0.253 e. The minimum atomic E-state index is 0.149. The van der Waals surface area contributed by atoms with Gasteiger partial charge >= 0.3 is 0 Å². The Labute approximate surface area is 141 Å². The molecule has 1 aromatic carbocycles. The number of rotatable bonds is 3. The minimum absolute atomic E-state index is 0.149. The van der Waals surface area contributed by atoms with Gasteiger partial charge in [-0.2, -0.15) is 0 Å². The fourth-order valence-corrected chi connectivity index (χ4v) is 3.83. The molecular formula is C18H21N5O. The molecular weight excluding hydrogens is 302 g/mol. The van der Waals surface area contributed by atoms with Crippen molar-refractivity contribution in [1.29, 1.82) is 0 Å². The van der Waals surface area contributed by atoms with Crippen LogP contribution in [0.2, 0.25) is 0 Å².